The lowest BCUT2D eigenvalue weighted by Gasteiger charge is -2.67. The molecule has 0 spiro atoms. The Balaban J connectivity index is 0.000000249. The number of nitrogens with one attached hydrogen (secondary N) is 3. The summed E-state index contributed by atoms with van der Waals surface area (Å²) in [5, 5.41) is 68.2. The number of ether oxygens (including phenoxy) is 6. The molecule has 1 aromatic heterocycles. The van der Waals surface area contributed by atoms with E-state index in [1.165, 1.54) is 26.0 Å². The number of carbonyl (C=O) groups excluding carboxylic acids is 6. The van der Waals surface area contributed by atoms with Crippen molar-refractivity contribution in [1.29, 1.82) is 0 Å². The number of aliphatic carboxylic acids is 1. The van der Waals surface area contributed by atoms with Gasteiger partial charge in [0.05, 0.1) is 41.2 Å². The average molecular weight is 1400 g/mol. The number of aliphatic hydroxyl groups is 4. The van der Waals surface area contributed by atoms with Crippen molar-refractivity contribution in [3.8, 4) is 5.75 Å². The summed E-state index contributed by atoms with van der Waals surface area (Å²) >= 11 is 0. The van der Waals surface area contributed by atoms with E-state index in [0.717, 1.165) is 47.0 Å². The van der Waals surface area contributed by atoms with Crippen molar-refractivity contribution in [2.75, 3.05) is 19.8 Å². The summed E-state index contributed by atoms with van der Waals surface area (Å²) in [7, 11) is 0. The third kappa shape index (κ3) is 15.9. The van der Waals surface area contributed by atoms with Gasteiger partial charge in [0.2, 0.25) is 0 Å². The molecule has 1 amide bonds. The number of azide groups is 1. The van der Waals surface area contributed by atoms with Gasteiger partial charge in [0.15, 0.2) is 23.6 Å². The van der Waals surface area contributed by atoms with Gasteiger partial charge in [0.1, 0.15) is 48.4 Å². The molecule has 2 saturated carbocycles. The first kappa shape index (κ1) is 76.4. The Morgan fingerprint density at radius 1 is 0.804 bits per heavy atom. The predicted octanol–water partition coefficient (Wildman–Crippen LogP) is 9.71. The summed E-state index contributed by atoms with van der Waals surface area (Å²) in [5.74, 6) is -6.65. The van der Waals surface area contributed by atoms with Crippen LogP contribution >= 0.6 is 0 Å². The van der Waals surface area contributed by atoms with Crippen molar-refractivity contribution < 1.29 is 87.5 Å². The lowest BCUT2D eigenvalue weighted by molar-refractivity contribution is -0.346. The van der Waals surface area contributed by atoms with E-state index < -0.39 is 131 Å². The molecule has 102 heavy (non-hydrogen) atoms. The molecule has 25 nitrogen and oxygen atoms in total. The number of ketones is 1. The van der Waals surface area contributed by atoms with Crippen LogP contribution in [0.4, 0.5) is 5.69 Å². The highest BCUT2D eigenvalue weighted by Gasteiger charge is 2.78. The summed E-state index contributed by atoms with van der Waals surface area (Å²) in [4.78, 5) is 99.8. The maximum absolute atomic E-state index is 15.5. The lowest BCUT2D eigenvalue weighted by Crippen LogP contribution is -2.82. The zero-order valence-corrected chi connectivity index (χ0v) is 58.6. The molecule has 3 fully saturated rings. The number of nitrogens with two attached hydrogens (primary N) is 1. The second-order valence-electron chi connectivity index (χ2n) is 28.0. The van der Waals surface area contributed by atoms with Crippen LogP contribution in [0.1, 0.15) is 126 Å². The van der Waals surface area contributed by atoms with Gasteiger partial charge in [0, 0.05) is 76.6 Å². The van der Waals surface area contributed by atoms with Crippen LogP contribution in [0.5, 0.6) is 5.75 Å². The molecule has 2 heterocycles. The molecule has 1 aliphatic heterocycles. The number of carbonyl (C=O) groups is 7. The number of Topliss-reactive ketones (excluding diaryl/α,β-unsaturated/α-hetero) is 1. The van der Waals surface area contributed by atoms with E-state index in [-0.39, 0.29) is 47.4 Å². The van der Waals surface area contributed by atoms with Gasteiger partial charge in [-0.2, -0.15) is 0 Å². The van der Waals surface area contributed by atoms with E-state index in [4.69, 9.17) is 44.8 Å². The minimum Gasteiger partial charge on any atom is -0.490 e. The number of H-pyrrole nitrogens is 1. The normalized spacial score (nSPS) is 24.4. The molecular weight excluding hydrogens is 1310 g/mol. The van der Waals surface area contributed by atoms with Crippen molar-refractivity contribution in [3.05, 3.63) is 202 Å². The monoisotopic (exact) mass is 1400 g/mol. The molecule has 2 bridgehead atoms. The number of benzene rings is 6. The number of hydrogen-bond acceptors (Lipinski definition) is 20. The third-order valence-corrected chi connectivity index (χ3v) is 20.0. The second-order valence-corrected chi connectivity index (χ2v) is 28.0. The Morgan fingerprint density at radius 3 is 1.99 bits per heavy atom. The Hall–Kier alpha value is -9.82. The van der Waals surface area contributed by atoms with Crippen molar-refractivity contribution in [3.63, 3.8) is 0 Å². The molecule has 540 valence electrons. The lowest BCUT2D eigenvalue weighted by atomic mass is 9.44. The Labute approximate surface area is 590 Å². The maximum atomic E-state index is 15.5. The summed E-state index contributed by atoms with van der Waals surface area (Å²) in [6.07, 6.45) is -10.6. The first-order valence-corrected chi connectivity index (χ1v) is 33.7. The number of carboxylic acids is 1. The van der Waals surface area contributed by atoms with Crippen molar-refractivity contribution in [2.45, 2.75) is 160 Å². The zero-order valence-electron chi connectivity index (χ0n) is 58.6. The van der Waals surface area contributed by atoms with Crippen LogP contribution in [-0.2, 0) is 53.2 Å². The molecule has 4 aliphatic rings. The van der Waals surface area contributed by atoms with Crippen LogP contribution in [0.3, 0.4) is 0 Å². The predicted molar refractivity (Wildman–Crippen MR) is 376 cm³/mol. The first-order valence-electron chi connectivity index (χ1n) is 33.7. The van der Waals surface area contributed by atoms with Gasteiger partial charge in [-0.15, -0.1) is 0 Å². The third-order valence-electron chi connectivity index (χ3n) is 20.0. The number of para-hydroxylation sites is 1. The number of fused-ring (bicyclic) bond motifs is 8. The van der Waals surface area contributed by atoms with Gasteiger partial charge in [-0.1, -0.05) is 148 Å². The number of esters is 4. The molecule has 13 atom stereocenters. The Morgan fingerprint density at radius 2 is 1.41 bits per heavy atom. The number of carboxylic acid groups (broad SMARTS) is 1. The fourth-order valence-electron chi connectivity index (χ4n) is 14.5. The minimum absolute atomic E-state index is 0.00289. The Kier molecular flexibility index (Phi) is 23.7. The van der Waals surface area contributed by atoms with Gasteiger partial charge in [-0.05, 0) is 110 Å². The number of rotatable bonds is 21. The van der Waals surface area contributed by atoms with E-state index in [2.05, 4.69) is 31.7 Å². The number of aromatic nitrogens is 1. The maximum Gasteiger partial charge on any atom is 0.338 e. The van der Waals surface area contributed by atoms with E-state index in [1.807, 2.05) is 76.2 Å². The van der Waals surface area contributed by atoms with Gasteiger partial charge in [0.25, 0.3) is 5.91 Å². The minimum atomic E-state index is -2.39. The SMILES string of the molecule is CC(=O)O[C@H]1C(=O)[C@@]2(C)[C@H]([C@H](OC(=O)c3ccccc3)[C@]3(O)C[C@H](OC(=O)[C@H](O)[C@@H](NC(=O)c4ccccc4)c4ccccc4)C(C)=C1C3(C)C)[C@]1(OC(C)=O)CO[C@@H]1C[C@@H]2O.CC(C)(NCC(O)COc1cccc2[nH]c3ccccc3c12)c1ccc(N=[N+]=[N-])cc1.CC(C)C[C@H](N)C(=O)O. The van der Waals surface area contributed by atoms with Gasteiger partial charge >= 0.3 is 29.8 Å². The highest BCUT2D eigenvalue weighted by Crippen LogP contribution is 2.64. The largest absolute Gasteiger partial charge is 0.490 e. The fraction of sp³-hybridized carbons (Fsp3) is 0.416. The first-order chi connectivity index (χ1) is 48.3. The zero-order chi connectivity index (χ0) is 74.2. The summed E-state index contributed by atoms with van der Waals surface area (Å²) in [6, 6.07) is 43.6. The summed E-state index contributed by atoms with van der Waals surface area (Å²) < 4.78 is 36.3. The van der Waals surface area contributed by atoms with E-state index in [1.54, 1.807) is 105 Å². The van der Waals surface area contributed by atoms with Crippen molar-refractivity contribution >= 4 is 69.0 Å². The number of aliphatic hydroxyl groups excluding tert-OH is 3. The van der Waals surface area contributed by atoms with Crippen LogP contribution in [0, 0.1) is 22.7 Å². The van der Waals surface area contributed by atoms with E-state index >= 15 is 4.79 Å². The van der Waals surface area contributed by atoms with Crippen LogP contribution < -0.4 is 21.1 Å². The standard InChI is InChI=1S/C47H51NO14.C24H25N5O2.C6H13NO2/c1-25-31(60-43(56)36(52)35(28-16-10-7-11-17-28)48-41(54)29-18-12-8-13-19-29)23-47(57)40(61-42(55)30-20-14-9-15-21-30)38-45(6,32(51)22-33-46(38,24-58-33)62-27(3)50)39(53)37(59-26(2)49)34(25)44(47,4)5;1-24(2,16-10-12-17(13-11-16)28-29-25)26-14-18(30)15-31-22-9-5-8-21-23(22)19-6-3-4-7-20(19)27-21;1-4(2)3-5(7)6(8)9/h7-21,31-33,35-38,40,51-52,57H,22-24H2,1-6H3,(H,48,54);3-13,18,26-27,30H,14-15H2,1-2H3;4-5H,3,7H2,1-2H3,(H,8,9)/t31-,32-,33+,35-,36+,37+,38-,40-,45+,46-,47+;;5-/m0.0/s1. The molecule has 25 heteroatoms. The van der Waals surface area contributed by atoms with Crippen LogP contribution in [-0.4, -0.2) is 152 Å². The molecule has 1 saturated heterocycles. The van der Waals surface area contributed by atoms with Crippen LogP contribution in [0.25, 0.3) is 32.2 Å². The number of hydrogen-bond donors (Lipinski definition) is 9. The molecule has 7 aromatic rings. The Bertz CT molecular complexity index is 4280. The second kappa shape index (κ2) is 31.6. The summed E-state index contributed by atoms with van der Waals surface area (Å²) in [6.45, 7) is 16.5. The summed E-state index contributed by atoms with van der Waals surface area (Å²) in [5.41, 5.74) is 10.0. The molecule has 0 radical (unpaired) electrons. The van der Waals surface area contributed by atoms with Gasteiger partial charge < -0.3 is 75.3 Å². The van der Waals surface area contributed by atoms with Crippen molar-refractivity contribution in [2.24, 2.45) is 33.5 Å². The fourth-order valence-corrected chi connectivity index (χ4v) is 14.5. The smallest absolute Gasteiger partial charge is 0.338 e. The average Bonchev–Trinajstić information content (AvgIpc) is 0.776. The quantitative estimate of drug-likeness (QED) is 0.00806. The number of aromatic amines is 1. The highest BCUT2D eigenvalue weighted by atomic mass is 16.6. The molecule has 10 N–H and O–H groups in total. The highest BCUT2D eigenvalue weighted by molar-refractivity contribution is 6.10. The van der Waals surface area contributed by atoms with Gasteiger partial charge in [-0.25, -0.2) is 9.59 Å². The van der Waals surface area contributed by atoms with Crippen LogP contribution in [0.15, 0.2) is 174 Å². The molecule has 11 rings (SSSR count). The topological polar surface area (TPSA) is 391 Å². The van der Waals surface area contributed by atoms with E-state index in [0.29, 0.717) is 30.1 Å². The van der Waals surface area contributed by atoms with Gasteiger partial charge in [-0.3, -0.25) is 24.0 Å². The molecule has 1 unspecified atom stereocenters. The van der Waals surface area contributed by atoms with E-state index in [9.17, 15) is 49.2 Å². The molecule has 3 aliphatic carbocycles. The number of amides is 1. The van der Waals surface area contributed by atoms with Crippen LogP contribution in [0.2, 0.25) is 0 Å². The molecule has 6 aromatic carbocycles. The number of nitrogens with zero attached hydrogens (tertiary/aromatic N) is 3. The van der Waals surface area contributed by atoms with Crippen molar-refractivity contribution in [1.82, 2.24) is 15.6 Å². The molecular formula is C77H89N7O18.